The van der Waals surface area contributed by atoms with E-state index in [2.05, 4.69) is 4.74 Å². The highest BCUT2D eigenvalue weighted by molar-refractivity contribution is 5.78. The van der Waals surface area contributed by atoms with Crippen molar-refractivity contribution in [3.05, 3.63) is 29.8 Å². The van der Waals surface area contributed by atoms with Crippen LogP contribution in [-0.2, 0) is 14.3 Å². The van der Waals surface area contributed by atoms with E-state index in [0.717, 1.165) is 11.3 Å². The van der Waals surface area contributed by atoms with Gasteiger partial charge in [0.15, 0.2) is 6.10 Å². The van der Waals surface area contributed by atoms with Crippen LogP contribution in [0.5, 0.6) is 0 Å². The fourth-order valence-electron chi connectivity index (χ4n) is 1.62. The second kappa shape index (κ2) is 4.14. The molecule has 0 spiro atoms. The molecular formula is C12H15NO3. The second-order valence-electron chi connectivity index (χ2n) is 3.99. The zero-order valence-electron chi connectivity index (χ0n) is 9.64. The van der Waals surface area contributed by atoms with Crippen LogP contribution in [-0.4, -0.2) is 33.3 Å². The van der Waals surface area contributed by atoms with Gasteiger partial charge in [0.2, 0.25) is 0 Å². The Balaban J connectivity index is 2.05. The van der Waals surface area contributed by atoms with Gasteiger partial charge in [-0.15, -0.1) is 0 Å². The summed E-state index contributed by atoms with van der Waals surface area (Å²) in [5.41, 5.74) is 2.14. The molecule has 2 atom stereocenters. The van der Waals surface area contributed by atoms with Crippen molar-refractivity contribution in [3.8, 4) is 0 Å². The maximum absolute atomic E-state index is 11.2. The lowest BCUT2D eigenvalue weighted by atomic mass is 10.1. The van der Waals surface area contributed by atoms with E-state index in [4.69, 9.17) is 4.74 Å². The predicted molar refractivity (Wildman–Crippen MR) is 60.4 cm³/mol. The van der Waals surface area contributed by atoms with Crippen LogP contribution < -0.4 is 4.90 Å². The van der Waals surface area contributed by atoms with E-state index in [-0.39, 0.29) is 12.1 Å². The van der Waals surface area contributed by atoms with Crippen molar-refractivity contribution in [2.24, 2.45) is 0 Å². The predicted octanol–water partition coefficient (Wildman–Crippen LogP) is 1.37. The number of ether oxygens (including phenoxy) is 2. The zero-order valence-corrected chi connectivity index (χ0v) is 9.64. The van der Waals surface area contributed by atoms with Crippen LogP contribution in [0.2, 0.25) is 0 Å². The number of esters is 1. The molecule has 0 radical (unpaired) electrons. The highest BCUT2D eigenvalue weighted by atomic mass is 16.6. The van der Waals surface area contributed by atoms with Crippen LogP contribution >= 0.6 is 0 Å². The standard InChI is InChI=1S/C12H15NO3/c1-13(2)9-6-4-8(5-7-9)10-11(16-10)12(14)15-3/h4-7,10-11H,1-3H3. The lowest BCUT2D eigenvalue weighted by Crippen LogP contribution is -2.10. The maximum Gasteiger partial charge on any atom is 0.338 e. The summed E-state index contributed by atoms with van der Waals surface area (Å²) >= 11 is 0. The van der Waals surface area contributed by atoms with Crippen molar-refractivity contribution in [3.63, 3.8) is 0 Å². The fraction of sp³-hybridized carbons (Fsp3) is 0.417. The van der Waals surface area contributed by atoms with Gasteiger partial charge < -0.3 is 14.4 Å². The van der Waals surface area contributed by atoms with E-state index in [9.17, 15) is 4.79 Å². The number of hydrogen-bond acceptors (Lipinski definition) is 4. The van der Waals surface area contributed by atoms with Crippen LogP contribution in [0.25, 0.3) is 0 Å². The molecule has 2 unspecified atom stereocenters. The maximum atomic E-state index is 11.2. The van der Waals surface area contributed by atoms with Crippen molar-refractivity contribution in [1.82, 2.24) is 0 Å². The van der Waals surface area contributed by atoms with Crippen molar-refractivity contribution in [1.29, 1.82) is 0 Å². The number of nitrogens with zero attached hydrogens (tertiary/aromatic N) is 1. The Morgan fingerprint density at radius 2 is 1.94 bits per heavy atom. The molecule has 0 saturated carbocycles. The summed E-state index contributed by atoms with van der Waals surface area (Å²) < 4.78 is 9.88. The van der Waals surface area contributed by atoms with Crippen LogP contribution in [0, 0.1) is 0 Å². The van der Waals surface area contributed by atoms with Gasteiger partial charge in [-0.3, -0.25) is 0 Å². The van der Waals surface area contributed by atoms with Crippen LogP contribution in [0.4, 0.5) is 5.69 Å². The summed E-state index contributed by atoms with van der Waals surface area (Å²) in [4.78, 5) is 13.2. The lowest BCUT2D eigenvalue weighted by Gasteiger charge is -2.12. The summed E-state index contributed by atoms with van der Waals surface area (Å²) in [5, 5.41) is 0. The third-order valence-corrected chi connectivity index (χ3v) is 2.66. The summed E-state index contributed by atoms with van der Waals surface area (Å²) in [6.45, 7) is 0. The van der Waals surface area contributed by atoms with Gasteiger partial charge in [0.25, 0.3) is 0 Å². The molecule has 2 rings (SSSR count). The molecule has 0 aromatic heterocycles. The van der Waals surface area contributed by atoms with Gasteiger partial charge in [-0.1, -0.05) is 12.1 Å². The molecule has 0 amide bonds. The molecule has 16 heavy (non-hydrogen) atoms. The average Bonchev–Trinajstić information content (AvgIpc) is 3.08. The van der Waals surface area contributed by atoms with Gasteiger partial charge in [-0.25, -0.2) is 4.79 Å². The SMILES string of the molecule is COC(=O)C1OC1c1ccc(N(C)C)cc1. The van der Waals surface area contributed by atoms with Gasteiger partial charge in [-0.05, 0) is 17.7 Å². The zero-order chi connectivity index (χ0) is 11.7. The molecule has 1 fully saturated rings. The molecule has 0 aliphatic carbocycles. The van der Waals surface area contributed by atoms with Gasteiger partial charge >= 0.3 is 5.97 Å². The van der Waals surface area contributed by atoms with Crippen molar-refractivity contribution < 1.29 is 14.3 Å². The van der Waals surface area contributed by atoms with Crippen LogP contribution in [0.1, 0.15) is 11.7 Å². The Kier molecular flexibility index (Phi) is 2.83. The number of benzene rings is 1. The number of methoxy groups -OCH3 is 1. The highest BCUT2D eigenvalue weighted by Crippen LogP contribution is 2.39. The summed E-state index contributed by atoms with van der Waals surface area (Å²) in [5.74, 6) is -0.304. The lowest BCUT2D eigenvalue weighted by molar-refractivity contribution is -0.142. The first-order chi connectivity index (χ1) is 7.63. The van der Waals surface area contributed by atoms with E-state index >= 15 is 0 Å². The third-order valence-electron chi connectivity index (χ3n) is 2.66. The van der Waals surface area contributed by atoms with E-state index in [0.29, 0.717) is 0 Å². The number of epoxide rings is 1. The van der Waals surface area contributed by atoms with Crippen molar-refractivity contribution in [2.45, 2.75) is 12.2 Å². The molecule has 1 aromatic rings. The van der Waals surface area contributed by atoms with E-state index < -0.39 is 6.10 Å². The van der Waals surface area contributed by atoms with Gasteiger partial charge in [0, 0.05) is 19.8 Å². The van der Waals surface area contributed by atoms with Crippen LogP contribution in [0.3, 0.4) is 0 Å². The Labute approximate surface area is 94.8 Å². The summed E-state index contributed by atoms with van der Waals surface area (Å²) in [6, 6.07) is 7.96. The Bertz CT molecular complexity index is 386. The number of carbonyl (C=O) groups is 1. The molecule has 4 heteroatoms. The first-order valence-electron chi connectivity index (χ1n) is 5.14. The first-order valence-corrected chi connectivity index (χ1v) is 5.14. The molecule has 1 aromatic carbocycles. The largest absolute Gasteiger partial charge is 0.467 e. The minimum absolute atomic E-state index is 0.135. The van der Waals surface area contributed by atoms with Gasteiger partial charge in [0.1, 0.15) is 6.10 Å². The molecule has 1 aliphatic heterocycles. The summed E-state index contributed by atoms with van der Waals surface area (Å²) in [6.07, 6.45) is -0.557. The molecule has 86 valence electrons. The number of rotatable bonds is 3. The molecule has 1 saturated heterocycles. The normalized spacial score (nSPS) is 22.7. The molecule has 0 N–H and O–H groups in total. The Hall–Kier alpha value is -1.55. The minimum atomic E-state index is -0.421. The number of carbonyl (C=O) groups excluding carboxylic acids is 1. The Morgan fingerprint density at radius 3 is 2.44 bits per heavy atom. The minimum Gasteiger partial charge on any atom is -0.467 e. The molecule has 4 nitrogen and oxygen atoms in total. The second-order valence-corrected chi connectivity index (χ2v) is 3.99. The molecule has 0 bridgehead atoms. The highest BCUT2D eigenvalue weighted by Gasteiger charge is 2.47. The van der Waals surface area contributed by atoms with E-state index in [1.54, 1.807) is 0 Å². The topological polar surface area (TPSA) is 42.1 Å². The average molecular weight is 221 g/mol. The Morgan fingerprint density at radius 1 is 1.31 bits per heavy atom. The fourth-order valence-corrected chi connectivity index (χ4v) is 1.62. The van der Waals surface area contributed by atoms with Crippen molar-refractivity contribution >= 4 is 11.7 Å². The summed E-state index contributed by atoms with van der Waals surface area (Å²) in [7, 11) is 5.34. The molecule has 1 heterocycles. The van der Waals surface area contributed by atoms with Crippen LogP contribution in [0.15, 0.2) is 24.3 Å². The van der Waals surface area contributed by atoms with Gasteiger partial charge in [-0.2, -0.15) is 0 Å². The third kappa shape index (κ3) is 2.02. The van der Waals surface area contributed by atoms with Crippen molar-refractivity contribution in [2.75, 3.05) is 26.1 Å². The quantitative estimate of drug-likeness (QED) is 0.571. The van der Waals surface area contributed by atoms with E-state index in [1.165, 1.54) is 7.11 Å². The smallest absolute Gasteiger partial charge is 0.338 e. The molecular weight excluding hydrogens is 206 g/mol. The monoisotopic (exact) mass is 221 g/mol. The van der Waals surface area contributed by atoms with Gasteiger partial charge in [0.05, 0.1) is 7.11 Å². The van der Waals surface area contributed by atoms with E-state index in [1.807, 2.05) is 43.3 Å². The first kappa shape index (κ1) is 11.0. The molecule has 1 aliphatic rings. The number of anilines is 1. The number of hydrogen-bond donors (Lipinski definition) is 0.